The summed E-state index contributed by atoms with van der Waals surface area (Å²) < 4.78 is 25.8. The number of nitrogens with one attached hydrogen (secondary N) is 3. The zero-order valence-corrected chi connectivity index (χ0v) is 33.6. The predicted molar refractivity (Wildman–Crippen MR) is 218 cm³/mol. The molecule has 2 amide bonds. The van der Waals surface area contributed by atoms with E-state index in [1.54, 1.807) is 39.0 Å². The Balaban J connectivity index is 0.971. The van der Waals surface area contributed by atoms with Crippen LogP contribution in [-0.4, -0.2) is 95.9 Å². The smallest absolute Gasteiger partial charge is 0.267 e. The number of fused-ring (bicyclic) bond motifs is 1. The average molecular weight is 829 g/mol. The van der Waals surface area contributed by atoms with E-state index in [-0.39, 0.29) is 18.2 Å². The minimum atomic E-state index is -2.77. The summed E-state index contributed by atoms with van der Waals surface area (Å²) in [5, 5.41) is 9.63. The first-order valence-electron chi connectivity index (χ1n) is 18.1. The third kappa shape index (κ3) is 8.90. The van der Waals surface area contributed by atoms with Gasteiger partial charge in [0, 0.05) is 75.9 Å². The molecule has 0 bridgehead atoms. The Kier molecular flexibility index (Phi) is 11.3. The number of amides is 2. The maximum absolute atomic E-state index is 13.4. The number of hydrogen-bond donors (Lipinski definition) is 3. The Morgan fingerprint density at radius 3 is 2.45 bits per heavy atom. The Morgan fingerprint density at radius 1 is 0.964 bits per heavy atom. The van der Waals surface area contributed by atoms with Gasteiger partial charge in [0.25, 0.3) is 5.91 Å². The molecule has 2 fully saturated rings. The fourth-order valence-electron chi connectivity index (χ4n) is 6.90. The van der Waals surface area contributed by atoms with E-state index in [2.05, 4.69) is 75.7 Å². The summed E-state index contributed by atoms with van der Waals surface area (Å²) >= 11 is 3.57. The highest BCUT2D eigenvalue weighted by atomic mass is 79.9. The van der Waals surface area contributed by atoms with E-state index in [1.165, 1.54) is 5.56 Å². The number of anilines is 5. The Labute approximate surface area is 328 Å². The van der Waals surface area contributed by atoms with Crippen LogP contribution in [0.1, 0.15) is 24.0 Å². The highest BCUT2D eigenvalue weighted by Gasteiger charge is 2.28. The van der Waals surface area contributed by atoms with Gasteiger partial charge in [0.1, 0.15) is 30.0 Å². The lowest BCUT2D eigenvalue weighted by Gasteiger charge is -2.37. The van der Waals surface area contributed by atoms with Gasteiger partial charge in [-0.15, -0.1) is 0 Å². The number of imide groups is 1. The second-order valence-electron chi connectivity index (χ2n) is 14.0. The van der Waals surface area contributed by atoms with Gasteiger partial charge in [-0.2, -0.15) is 4.98 Å². The molecule has 55 heavy (non-hydrogen) atoms. The van der Waals surface area contributed by atoms with Crippen molar-refractivity contribution in [2.24, 2.45) is 0 Å². The molecule has 16 heteroatoms. The molecule has 0 spiro atoms. The molecule has 2 aliphatic rings. The third-order valence-electron chi connectivity index (χ3n) is 9.73. The fourth-order valence-corrected chi connectivity index (χ4v) is 8.58. The van der Waals surface area contributed by atoms with Crippen LogP contribution in [0, 0.1) is 6.92 Å². The SMILES string of the molecule is COc1cc(N2CCN(CCc3ccc(OC4CCC(=O)NC4=O)cc3)CC2)c(C)cc1Nc1ncc(Br)c(Nc2ccc3nccnc3c2P(C)(C)=O)n1. The van der Waals surface area contributed by atoms with E-state index < -0.39 is 13.2 Å². The molecule has 14 nitrogen and oxygen atoms in total. The summed E-state index contributed by atoms with van der Waals surface area (Å²) in [4.78, 5) is 46.4. The van der Waals surface area contributed by atoms with Crippen LogP contribution in [0.2, 0.25) is 0 Å². The zero-order valence-electron chi connectivity index (χ0n) is 31.1. The van der Waals surface area contributed by atoms with Crippen LogP contribution in [-0.2, 0) is 20.6 Å². The van der Waals surface area contributed by atoms with E-state index in [4.69, 9.17) is 14.5 Å². The van der Waals surface area contributed by atoms with Gasteiger partial charge in [0.05, 0.1) is 33.8 Å². The number of carbonyl (C=O) groups excluding carboxylic acids is 2. The summed E-state index contributed by atoms with van der Waals surface area (Å²) in [7, 11) is -1.11. The largest absolute Gasteiger partial charge is 0.494 e. The van der Waals surface area contributed by atoms with Crippen molar-refractivity contribution < 1.29 is 23.6 Å². The van der Waals surface area contributed by atoms with Gasteiger partial charge in [-0.3, -0.25) is 29.8 Å². The van der Waals surface area contributed by atoms with E-state index in [9.17, 15) is 14.2 Å². The molecule has 2 saturated heterocycles. The van der Waals surface area contributed by atoms with Crippen molar-refractivity contribution >= 4 is 80.1 Å². The van der Waals surface area contributed by atoms with Crippen LogP contribution in [0.25, 0.3) is 11.0 Å². The van der Waals surface area contributed by atoms with Gasteiger partial charge < -0.3 is 29.6 Å². The lowest BCUT2D eigenvalue weighted by molar-refractivity contribution is -0.138. The Bertz CT molecular complexity index is 2280. The monoisotopic (exact) mass is 827 g/mol. The number of rotatable bonds is 12. The number of piperidine rings is 1. The Morgan fingerprint density at radius 2 is 1.73 bits per heavy atom. The van der Waals surface area contributed by atoms with Gasteiger partial charge in [-0.25, -0.2) is 4.98 Å². The summed E-state index contributed by atoms with van der Waals surface area (Å²) in [5.74, 6) is 1.52. The van der Waals surface area contributed by atoms with Crippen LogP contribution < -0.4 is 35.6 Å². The molecular formula is C39H43BrN9O5P. The topological polar surface area (TPSA) is 164 Å². The molecule has 0 radical (unpaired) electrons. The van der Waals surface area contributed by atoms with Gasteiger partial charge >= 0.3 is 0 Å². The molecule has 3 N–H and O–H groups in total. The lowest BCUT2D eigenvalue weighted by atomic mass is 10.1. The predicted octanol–water partition coefficient (Wildman–Crippen LogP) is 5.78. The van der Waals surface area contributed by atoms with E-state index in [0.29, 0.717) is 56.2 Å². The fraction of sp³-hybridized carbons (Fsp3) is 0.333. The van der Waals surface area contributed by atoms with E-state index in [0.717, 1.165) is 56.1 Å². The maximum atomic E-state index is 13.4. The average Bonchev–Trinajstić information content (AvgIpc) is 3.17. The third-order valence-corrected chi connectivity index (χ3v) is 11.8. The summed E-state index contributed by atoms with van der Waals surface area (Å²) in [6.07, 6.45) is 5.83. The number of carbonyl (C=O) groups is 2. The molecule has 0 saturated carbocycles. The number of hydrogen-bond acceptors (Lipinski definition) is 13. The quantitative estimate of drug-likeness (QED) is 0.103. The number of aromatic nitrogens is 4. The summed E-state index contributed by atoms with van der Waals surface area (Å²) in [5.41, 5.74) is 6.03. The van der Waals surface area contributed by atoms with Crippen molar-refractivity contribution in [3.63, 3.8) is 0 Å². The molecule has 0 aliphatic carbocycles. The molecule has 2 aliphatic heterocycles. The second kappa shape index (κ2) is 16.3. The minimum absolute atomic E-state index is 0.254. The van der Waals surface area contributed by atoms with E-state index >= 15 is 0 Å². The van der Waals surface area contributed by atoms with Crippen LogP contribution in [0.4, 0.5) is 28.8 Å². The van der Waals surface area contributed by atoms with Crippen molar-refractivity contribution in [1.29, 1.82) is 0 Å². The minimum Gasteiger partial charge on any atom is -0.494 e. The molecule has 4 heterocycles. The molecule has 3 aromatic carbocycles. The van der Waals surface area contributed by atoms with Crippen LogP contribution in [0.15, 0.2) is 71.6 Å². The number of nitrogens with zero attached hydrogens (tertiary/aromatic N) is 6. The van der Waals surface area contributed by atoms with Gasteiger partial charge in [0.2, 0.25) is 11.9 Å². The normalized spacial score (nSPS) is 16.5. The van der Waals surface area contributed by atoms with Crippen LogP contribution in [0.5, 0.6) is 11.5 Å². The lowest BCUT2D eigenvalue weighted by Crippen LogP contribution is -2.47. The van der Waals surface area contributed by atoms with E-state index in [1.807, 2.05) is 36.4 Å². The molecule has 1 unspecified atom stereocenters. The van der Waals surface area contributed by atoms with Crippen molar-refractivity contribution in [3.8, 4) is 11.5 Å². The molecule has 5 aromatic rings. The number of benzene rings is 3. The van der Waals surface area contributed by atoms with Crippen LogP contribution in [0.3, 0.4) is 0 Å². The second-order valence-corrected chi connectivity index (χ2v) is 18.0. The van der Waals surface area contributed by atoms with Crippen molar-refractivity contribution in [1.82, 2.24) is 30.2 Å². The summed E-state index contributed by atoms with van der Waals surface area (Å²) in [6.45, 7) is 10.1. The summed E-state index contributed by atoms with van der Waals surface area (Å²) in [6, 6.07) is 15.7. The molecule has 2 aromatic heterocycles. The highest BCUT2D eigenvalue weighted by molar-refractivity contribution is 9.10. The zero-order chi connectivity index (χ0) is 38.7. The van der Waals surface area contributed by atoms with Crippen molar-refractivity contribution in [2.75, 3.05) is 68.7 Å². The maximum Gasteiger partial charge on any atom is 0.267 e. The number of methoxy groups -OCH3 is 1. The molecule has 286 valence electrons. The Hall–Kier alpha value is -5.11. The molecular weight excluding hydrogens is 785 g/mol. The standard InChI is InChI=1S/C39H43BrN9O5P/c1-24-21-30(45-39-43-23-27(40)37(47-39)44-29-10-9-28-35(42-15-14-41-28)36(29)55(3,4)52)33(53-2)22-31(24)49-19-17-48(18-20-49)16-13-25-5-7-26(8-6-25)54-32-11-12-34(50)46-38(32)51/h5-10,14-15,21-23,32H,11-13,16-20H2,1-4H3,(H,46,50,51)(H2,43,44,45,47). The highest BCUT2D eigenvalue weighted by Crippen LogP contribution is 2.41. The number of piperazine rings is 1. The van der Waals surface area contributed by atoms with Gasteiger partial charge in [-0.05, 0) is 84.1 Å². The number of halogens is 1. The first-order valence-corrected chi connectivity index (χ1v) is 21.5. The van der Waals surface area contributed by atoms with Crippen LogP contribution >= 0.6 is 23.1 Å². The molecule has 1 atom stereocenters. The number of aryl methyl sites for hydroxylation is 1. The molecule has 7 rings (SSSR count). The number of ether oxygens (including phenoxy) is 2. The van der Waals surface area contributed by atoms with Crippen molar-refractivity contribution in [3.05, 3.63) is 82.7 Å². The first kappa shape index (κ1) is 38.2. The van der Waals surface area contributed by atoms with Crippen molar-refractivity contribution in [2.45, 2.75) is 32.3 Å². The van der Waals surface area contributed by atoms with Gasteiger partial charge in [0.15, 0.2) is 6.10 Å². The van der Waals surface area contributed by atoms with Gasteiger partial charge in [-0.1, -0.05) is 12.1 Å². The first-order chi connectivity index (χ1) is 26.4.